The van der Waals surface area contributed by atoms with Gasteiger partial charge in [-0.1, -0.05) is 17.7 Å². The number of aromatic nitrogens is 2. The number of benzene rings is 1. The summed E-state index contributed by atoms with van der Waals surface area (Å²) < 4.78 is 36.1. The number of aliphatic imine (C=N–C) groups is 1. The number of alkyl halides is 1. The number of ketones is 1. The van der Waals surface area contributed by atoms with Crippen molar-refractivity contribution in [3.63, 3.8) is 0 Å². The molecule has 31 heavy (non-hydrogen) atoms. The van der Waals surface area contributed by atoms with Crippen LogP contribution in [0.3, 0.4) is 0 Å². The van der Waals surface area contributed by atoms with Crippen LogP contribution in [0, 0.1) is 18.7 Å². The van der Waals surface area contributed by atoms with E-state index < -0.39 is 18.0 Å². The number of ether oxygens (including phenoxy) is 1. The van der Waals surface area contributed by atoms with Gasteiger partial charge in [-0.15, -0.1) is 0 Å². The number of rotatable bonds is 5. The van der Waals surface area contributed by atoms with Gasteiger partial charge in [0.1, 0.15) is 35.5 Å². The fraction of sp³-hybridized carbons (Fsp3) is 0.318. The van der Waals surface area contributed by atoms with Crippen molar-refractivity contribution in [2.75, 3.05) is 6.67 Å². The van der Waals surface area contributed by atoms with Crippen molar-refractivity contribution in [3.05, 3.63) is 69.9 Å². The van der Waals surface area contributed by atoms with Gasteiger partial charge in [0.25, 0.3) is 6.02 Å². The van der Waals surface area contributed by atoms with E-state index in [9.17, 15) is 13.6 Å². The highest BCUT2D eigenvalue weighted by Crippen LogP contribution is 2.53. The van der Waals surface area contributed by atoms with E-state index in [0.717, 1.165) is 0 Å². The fourth-order valence-electron chi connectivity index (χ4n) is 4.41. The Morgan fingerprint density at radius 3 is 2.97 bits per heavy atom. The van der Waals surface area contributed by atoms with Gasteiger partial charge in [0.15, 0.2) is 5.78 Å². The van der Waals surface area contributed by atoms with E-state index in [4.69, 9.17) is 22.1 Å². The predicted octanol–water partition coefficient (Wildman–Crippen LogP) is 3.76. The molecule has 3 heterocycles. The second-order valence-corrected chi connectivity index (χ2v) is 8.48. The maximum absolute atomic E-state index is 14.8. The molecular weight excluding hydrogens is 426 g/mol. The monoisotopic (exact) mass is 444 g/mol. The minimum Gasteiger partial charge on any atom is -0.462 e. The van der Waals surface area contributed by atoms with Gasteiger partial charge in [0, 0.05) is 24.1 Å². The molecule has 0 bridgehead atoms. The first-order chi connectivity index (χ1) is 14.8. The Labute approximate surface area is 181 Å². The summed E-state index contributed by atoms with van der Waals surface area (Å²) in [5.41, 5.74) is 6.50. The second kappa shape index (κ2) is 7.02. The molecule has 2 N–H and O–H groups in total. The Morgan fingerprint density at radius 1 is 1.39 bits per heavy atom. The minimum atomic E-state index is -1.42. The van der Waals surface area contributed by atoms with Gasteiger partial charge in [-0.25, -0.2) is 18.8 Å². The maximum Gasteiger partial charge on any atom is 0.283 e. The maximum atomic E-state index is 14.8. The second-order valence-electron chi connectivity index (χ2n) is 8.04. The Kier molecular flexibility index (Phi) is 4.51. The highest BCUT2D eigenvalue weighted by Gasteiger charge is 2.60. The minimum absolute atomic E-state index is 0.0160. The van der Waals surface area contributed by atoms with Gasteiger partial charge in [-0.3, -0.25) is 4.79 Å². The number of carbonyl (C=O) groups is 1. The van der Waals surface area contributed by atoms with Crippen molar-refractivity contribution in [1.29, 1.82) is 0 Å². The lowest BCUT2D eigenvalue weighted by atomic mass is 9.84. The lowest BCUT2D eigenvalue weighted by Crippen LogP contribution is -2.39. The number of hydrogen-bond donors (Lipinski definition) is 1. The summed E-state index contributed by atoms with van der Waals surface area (Å²) in [5.74, 6) is -1.10. The molecule has 1 aromatic carbocycles. The molecule has 2 aromatic heterocycles. The van der Waals surface area contributed by atoms with Gasteiger partial charge in [-0.05, 0) is 43.2 Å². The molecule has 160 valence electrons. The molecule has 0 spiro atoms. The average Bonchev–Trinajstić information content (AvgIpc) is 3.45. The first kappa shape index (κ1) is 19.9. The van der Waals surface area contributed by atoms with Crippen LogP contribution >= 0.6 is 11.6 Å². The molecule has 2 aliphatic rings. The summed E-state index contributed by atoms with van der Waals surface area (Å²) in [6.07, 6.45) is 1.97. The van der Waals surface area contributed by atoms with Crippen LogP contribution in [0.15, 0.2) is 41.5 Å². The molecule has 9 heteroatoms. The third-order valence-corrected chi connectivity index (χ3v) is 6.30. The molecule has 0 unspecified atom stereocenters. The van der Waals surface area contributed by atoms with Gasteiger partial charge in [-0.2, -0.15) is 0 Å². The van der Waals surface area contributed by atoms with E-state index in [1.807, 2.05) is 0 Å². The van der Waals surface area contributed by atoms with Crippen molar-refractivity contribution in [2.45, 2.75) is 31.4 Å². The highest BCUT2D eigenvalue weighted by molar-refractivity contribution is 6.30. The molecular formula is C22H19ClF2N4O2. The van der Waals surface area contributed by atoms with E-state index in [-0.39, 0.29) is 35.8 Å². The topological polar surface area (TPSA) is 82.0 Å². The third kappa shape index (κ3) is 3.17. The molecule has 3 aromatic rings. The number of halogens is 3. The number of pyridine rings is 1. The molecule has 1 saturated carbocycles. The number of imidazole rings is 1. The first-order valence-electron chi connectivity index (χ1n) is 9.86. The van der Waals surface area contributed by atoms with E-state index in [1.54, 1.807) is 29.7 Å². The third-order valence-electron chi connectivity index (χ3n) is 6.08. The van der Waals surface area contributed by atoms with Crippen molar-refractivity contribution in [1.82, 2.24) is 9.38 Å². The van der Waals surface area contributed by atoms with E-state index in [1.165, 1.54) is 18.2 Å². The molecule has 0 saturated heterocycles. The summed E-state index contributed by atoms with van der Waals surface area (Å²) in [6.45, 7) is 0.878. The number of Topliss-reactive ketones (excluding diaryl/α,β-unsaturated/α-hetero) is 1. The highest BCUT2D eigenvalue weighted by atomic mass is 35.5. The molecule has 1 fully saturated rings. The molecule has 1 aliphatic heterocycles. The van der Waals surface area contributed by atoms with E-state index in [0.29, 0.717) is 34.0 Å². The van der Waals surface area contributed by atoms with Gasteiger partial charge < -0.3 is 14.9 Å². The van der Waals surface area contributed by atoms with Crippen LogP contribution < -0.4 is 5.73 Å². The molecule has 6 nitrogen and oxygen atoms in total. The zero-order valence-electron chi connectivity index (χ0n) is 16.6. The Bertz CT molecular complexity index is 1260. The van der Waals surface area contributed by atoms with Crippen LogP contribution in [0.1, 0.15) is 33.7 Å². The molecule has 0 amide bonds. The zero-order valence-corrected chi connectivity index (χ0v) is 17.4. The van der Waals surface area contributed by atoms with Crippen molar-refractivity contribution >= 4 is 29.1 Å². The van der Waals surface area contributed by atoms with Gasteiger partial charge in [0.2, 0.25) is 0 Å². The van der Waals surface area contributed by atoms with E-state index in [2.05, 4.69) is 9.98 Å². The Hall–Kier alpha value is -3.00. The number of nitrogens with zero attached hydrogens (tertiary/aromatic N) is 3. The van der Waals surface area contributed by atoms with Crippen LogP contribution in [0.25, 0.3) is 5.65 Å². The van der Waals surface area contributed by atoms with Gasteiger partial charge >= 0.3 is 0 Å². The quantitative estimate of drug-likeness (QED) is 0.607. The summed E-state index contributed by atoms with van der Waals surface area (Å²) in [6, 6.07) is 7.55. The van der Waals surface area contributed by atoms with Crippen LogP contribution in [0.2, 0.25) is 5.02 Å². The normalized spacial score (nSPS) is 24.5. The number of aryl methyl sites for hydroxylation is 1. The molecule has 3 atom stereocenters. The zero-order chi connectivity index (χ0) is 21.9. The average molecular weight is 445 g/mol. The Balaban J connectivity index is 1.50. The SMILES string of the molecule is Cc1c(C(=O)Cc2ccc(F)c([C@@]3(CF)N=C(N)O[C@@H]4C[C@@H]43)c2)nc2ccc(Cl)cn12. The predicted molar refractivity (Wildman–Crippen MR) is 112 cm³/mol. The molecule has 0 radical (unpaired) electrons. The Morgan fingerprint density at radius 2 is 2.19 bits per heavy atom. The standard InChI is InChI=1S/C22H19ClF2N4O2/c1-11-20(27-19-5-3-13(23)9-29(11)19)17(30)7-12-2-4-16(25)14(6-12)22(10-24)15-8-18(15)31-21(26)28-22/h2-6,9,15,18H,7-8,10H2,1H3,(H2,26,28)/t15-,18+,22+/m0/s1. The lowest BCUT2D eigenvalue weighted by molar-refractivity contribution is 0.0988. The number of carbonyl (C=O) groups excluding carboxylic acids is 1. The lowest BCUT2D eigenvalue weighted by Gasteiger charge is -2.31. The molecule has 5 rings (SSSR count). The van der Waals surface area contributed by atoms with Crippen molar-refractivity contribution in [2.24, 2.45) is 16.6 Å². The first-order valence-corrected chi connectivity index (χ1v) is 10.2. The summed E-state index contributed by atoms with van der Waals surface area (Å²) in [7, 11) is 0. The van der Waals surface area contributed by atoms with E-state index >= 15 is 0 Å². The fourth-order valence-corrected chi connectivity index (χ4v) is 4.57. The van der Waals surface area contributed by atoms with Gasteiger partial charge in [0.05, 0.1) is 10.7 Å². The largest absolute Gasteiger partial charge is 0.462 e. The van der Waals surface area contributed by atoms with Crippen molar-refractivity contribution in [3.8, 4) is 0 Å². The van der Waals surface area contributed by atoms with Crippen LogP contribution in [0.4, 0.5) is 8.78 Å². The number of fused-ring (bicyclic) bond motifs is 2. The summed E-state index contributed by atoms with van der Waals surface area (Å²) >= 11 is 6.04. The summed E-state index contributed by atoms with van der Waals surface area (Å²) in [5, 5.41) is 0.529. The number of nitrogens with two attached hydrogens (primary N) is 1. The van der Waals surface area contributed by atoms with Crippen LogP contribution in [-0.2, 0) is 16.7 Å². The number of hydrogen-bond acceptors (Lipinski definition) is 5. The molecule has 1 aliphatic carbocycles. The van der Waals surface area contributed by atoms with Crippen LogP contribution in [-0.4, -0.2) is 34.0 Å². The number of amidine groups is 1. The smallest absolute Gasteiger partial charge is 0.283 e. The van der Waals surface area contributed by atoms with Crippen molar-refractivity contribution < 1.29 is 18.3 Å². The van der Waals surface area contributed by atoms with Crippen LogP contribution in [0.5, 0.6) is 0 Å². The summed E-state index contributed by atoms with van der Waals surface area (Å²) in [4.78, 5) is 21.6.